The maximum atomic E-state index is 6.11. The number of nitrogens with zero attached hydrogens (tertiary/aromatic N) is 10. The Labute approximate surface area is 481 Å². The van der Waals surface area contributed by atoms with Crippen molar-refractivity contribution in [2.75, 3.05) is 33.7 Å². The number of aromatic nitrogens is 2. The molecule has 0 fully saturated rings. The molecule has 14 rings (SSSR count). The van der Waals surface area contributed by atoms with E-state index in [0.717, 1.165) is 101 Å². The fourth-order valence-corrected chi connectivity index (χ4v) is 8.70. The molecule has 6 heterocycles. The van der Waals surface area contributed by atoms with Crippen molar-refractivity contribution in [2.24, 2.45) is 9.98 Å². The second-order valence-electron chi connectivity index (χ2n) is 17.3. The van der Waals surface area contributed by atoms with E-state index in [1.54, 1.807) is 25.1 Å². The van der Waals surface area contributed by atoms with Gasteiger partial charge in [-0.3, -0.25) is 0 Å². The maximum absolute atomic E-state index is 6.11. The Morgan fingerprint density at radius 2 is 0.808 bits per heavy atom. The average Bonchev–Trinajstić information content (AvgIpc) is 4.28. The molecule has 0 radical (unpaired) electrons. The number of anilines is 6. The summed E-state index contributed by atoms with van der Waals surface area (Å²) in [5, 5.41) is 12.8. The minimum Gasteiger partial charge on any atom is -0.514 e. The first-order chi connectivity index (χ1) is 37.6. The van der Waals surface area contributed by atoms with Gasteiger partial charge in [0, 0.05) is 87.8 Å². The van der Waals surface area contributed by atoms with Crippen LogP contribution in [-0.2, 0) is 42.1 Å². The smallest absolute Gasteiger partial charge is 0.124 e. The maximum Gasteiger partial charge on any atom is 0.124 e. The topological polar surface area (TPSA) is 118 Å². The SMILES string of the molecule is C(=Nc1ccccc1)[N-]c1ccccc1.C(=Nc1ccccc1)[N-]c1ccccc1.CN1[CH-]N(c2[c-]ccc3c2oc2ccccc23)c2ncccc21.CN1[CH-]N(c2[c-]ccc3c2oc2ccccc23)c2ncccc21.[Pt].[Pt]. The van der Waals surface area contributed by atoms with Crippen LogP contribution in [-0.4, -0.2) is 36.7 Å². The van der Waals surface area contributed by atoms with Crippen molar-refractivity contribution in [1.29, 1.82) is 0 Å². The summed E-state index contributed by atoms with van der Waals surface area (Å²) in [5.74, 6) is 1.78. The predicted molar refractivity (Wildman–Crippen MR) is 311 cm³/mol. The molecule has 2 aliphatic rings. The van der Waals surface area contributed by atoms with Crippen LogP contribution in [0.15, 0.2) is 250 Å². The van der Waals surface area contributed by atoms with Gasteiger partial charge in [-0.2, -0.15) is 49.7 Å². The van der Waals surface area contributed by atoms with Gasteiger partial charge in [0.25, 0.3) is 0 Å². The van der Waals surface area contributed by atoms with Crippen molar-refractivity contribution in [3.8, 4) is 0 Å². The molecular formula is C64H48N10O2Pt2-6. The molecule has 4 aromatic heterocycles. The zero-order valence-electron chi connectivity index (χ0n) is 42.2. The number of aliphatic imine (C=N–C) groups is 2. The van der Waals surface area contributed by atoms with E-state index in [0.29, 0.717) is 0 Å². The van der Waals surface area contributed by atoms with Crippen molar-refractivity contribution in [1.82, 2.24) is 9.97 Å². The van der Waals surface area contributed by atoms with Crippen LogP contribution < -0.4 is 19.6 Å². The van der Waals surface area contributed by atoms with Crippen molar-refractivity contribution in [3.63, 3.8) is 0 Å². The molecule has 0 saturated heterocycles. The molecule has 0 unspecified atom stereocenters. The Kier molecular flexibility index (Phi) is 17.9. The number of furan rings is 2. The first-order valence-corrected chi connectivity index (χ1v) is 24.5. The predicted octanol–water partition coefficient (Wildman–Crippen LogP) is 17.1. The fourth-order valence-electron chi connectivity index (χ4n) is 8.70. The number of rotatable bonds is 8. The standard InChI is InChI=1S/2C19H13N3O.2C13H11N2.2Pt/c2*1-21-12-22(19-16(21)9-5-11-20-19)15-8-4-7-14-13-6-2-3-10-17(13)23-18(14)15;2*1-3-7-12(8-4-1)14-11-15-13-9-5-2-6-10-13;;/h2*2-7,9-12H,1H3;2*1-11H;;/q2*-2;2*-1;;. The molecule has 78 heavy (non-hydrogen) atoms. The minimum absolute atomic E-state index is 0. The van der Waals surface area contributed by atoms with Crippen molar-refractivity contribution in [3.05, 3.63) is 267 Å². The Morgan fingerprint density at radius 1 is 0.436 bits per heavy atom. The van der Waals surface area contributed by atoms with Gasteiger partial charge in [-0.05, 0) is 73.2 Å². The average molecular weight is 1380 g/mol. The van der Waals surface area contributed by atoms with Gasteiger partial charge in [0.05, 0.1) is 0 Å². The van der Waals surface area contributed by atoms with Crippen molar-refractivity contribution < 1.29 is 51.0 Å². The number of pyridine rings is 2. The van der Waals surface area contributed by atoms with Crippen LogP contribution in [0, 0.1) is 25.5 Å². The number of para-hydroxylation sites is 6. The summed E-state index contributed by atoms with van der Waals surface area (Å²) in [6.45, 7) is 4.02. The van der Waals surface area contributed by atoms with Crippen LogP contribution in [0.2, 0.25) is 0 Å². The molecule has 0 amide bonds. The quantitative estimate of drug-likeness (QED) is 0.0839. The number of hydrogen-bond acceptors (Lipinski definition) is 10. The normalized spacial score (nSPS) is 12.2. The van der Waals surface area contributed by atoms with Gasteiger partial charge in [-0.25, -0.2) is 9.97 Å². The summed E-state index contributed by atoms with van der Waals surface area (Å²) >= 11 is 0. The number of hydrogen-bond donors (Lipinski definition) is 0. The third-order valence-electron chi connectivity index (χ3n) is 12.3. The molecular weight excluding hydrogens is 1330 g/mol. The summed E-state index contributed by atoms with van der Waals surface area (Å²) < 4.78 is 12.2. The van der Waals surface area contributed by atoms with Crippen LogP contribution in [0.3, 0.4) is 0 Å². The van der Waals surface area contributed by atoms with E-state index in [1.807, 2.05) is 231 Å². The third kappa shape index (κ3) is 12.2. The second-order valence-corrected chi connectivity index (χ2v) is 17.3. The summed E-state index contributed by atoms with van der Waals surface area (Å²) in [7, 11) is 4.03. The zero-order chi connectivity index (χ0) is 51.5. The molecule has 0 saturated carbocycles. The Balaban J connectivity index is 0.000000128. The minimum atomic E-state index is 0. The van der Waals surface area contributed by atoms with Crippen LogP contribution in [0.1, 0.15) is 0 Å². The molecule has 0 atom stereocenters. The number of benzene rings is 8. The van der Waals surface area contributed by atoms with E-state index in [4.69, 9.17) is 8.83 Å². The summed E-state index contributed by atoms with van der Waals surface area (Å²) in [5.41, 5.74) is 11.0. The van der Waals surface area contributed by atoms with Gasteiger partial charge in [-0.15, -0.1) is 0 Å². The van der Waals surface area contributed by atoms with Crippen LogP contribution in [0.4, 0.5) is 57.1 Å². The molecule has 0 N–H and O–H groups in total. The first-order valence-electron chi connectivity index (χ1n) is 24.5. The van der Waals surface area contributed by atoms with E-state index < -0.39 is 0 Å². The van der Waals surface area contributed by atoms with E-state index in [-0.39, 0.29) is 42.1 Å². The summed E-state index contributed by atoms with van der Waals surface area (Å²) in [6, 6.07) is 77.8. The van der Waals surface area contributed by atoms with E-state index in [2.05, 4.69) is 76.8 Å². The molecule has 12 aromatic rings. The van der Waals surface area contributed by atoms with Gasteiger partial charge >= 0.3 is 0 Å². The van der Waals surface area contributed by atoms with Gasteiger partial charge in [0.2, 0.25) is 0 Å². The van der Waals surface area contributed by atoms with E-state index in [9.17, 15) is 0 Å². The van der Waals surface area contributed by atoms with Gasteiger partial charge in [-0.1, -0.05) is 193 Å². The van der Waals surface area contributed by atoms with Crippen LogP contribution in [0.5, 0.6) is 0 Å². The Morgan fingerprint density at radius 3 is 1.22 bits per heavy atom. The van der Waals surface area contributed by atoms with Gasteiger partial charge < -0.3 is 49.1 Å². The van der Waals surface area contributed by atoms with Crippen LogP contribution in [0.25, 0.3) is 54.5 Å². The van der Waals surface area contributed by atoms with Crippen molar-refractivity contribution in [2.45, 2.75) is 0 Å². The number of fused-ring (bicyclic) bond motifs is 8. The van der Waals surface area contributed by atoms with Gasteiger partial charge in [0.15, 0.2) is 0 Å². The summed E-state index contributed by atoms with van der Waals surface area (Å²) in [6.07, 6.45) is 6.75. The molecule has 0 spiro atoms. The van der Waals surface area contributed by atoms with Crippen molar-refractivity contribution >= 4 is 114 Å². The Bertz CT molecular complexity index is 3660. The van der Waals surface area contributed by atoms with Gasteiger partial charge in [0.1, 0.15) is 22.8 Å². The first kappa shape index (κ1) is 54.0. The van der Waals surface area contributed by atoms with E-state index >= 15 is 0 Å². The molecule has 0 bridgehead atoms. The summed E-state index contributed by atoms with van der Waals surface area (Å²) in [4.78, 5) is 25.6. The second kappa shape index (κ2) is 25.8. The monoisotopic (exact) mass is 1380 g/mol. The molecule has 12 nitrogen and oxygen atoms in total. The molecule has 0 aliphatic carbocycles. The van der Waals surface area contributed by atoms with E-state index in [1.165, 1.54) is 0 Å². The third-order valence-corrected chi connectivity index (χ3v) is 12.3. The Hall–Kier alpha value is -8.82. The fraction of sp³-hybridized carbons (Fsp3) is 0.0312. The zero-order valence-corrected chi connectivity index (χ0v) is 46.7. The molecule has 2 aliphatic heterocycles. The molecule has 14 heteroatoms. The van der Waals surface area contributed by atoms with Crippen LogP contribution >= 0.6 is 0 Å². The molecule has 8 aromatic carbocycles. The largest absolute Gasteiger partial charge is 0.514 e. The molecule has 392 valence electrons.